The summed E-state index contributed by atoms with van der Waals surface area (Å²) in [5, 5.41) is 3.12. The first-order chi connectivity index (χ1) is 15.1. The number of fused-ring (bicyclic) bond motifs is 1. The summed E-state index contributed by atoms with van der Waals surface area (Å²) in [6, 6.07) is 17.4. The summed E-state index contributed by atoms with van der Waals surface area (Å²) in [6.07, 6.45) is 0. The Morgan fingerprint density at radius 2 is 1.77 bits per heavy atom. The molecule has 0 aliphatic carbocycles. The zero-order valence-corrected chi connectivity index (χ0v) is 18.3. The topological polar surface area (TPSA) is 76.5 Å². The van der Waals surface area contributed by atoms with Gasteiger partial charge in [-0.15, -0.1) is 11.8 Å². The highest BCUT2D eigenvalue weighted by molar-refractivity contribution is 8.00. The van der Waals surface area contributed by atoms with Gasteiger partial charge in [-0.25, -0.2) is 4.98 Å². The molecule has 3 aromatic rings. The summed E-state index contributed by atoms with van der Waals surface area (Å²) in [5.74, 6) is 1.20. The Labute approximate surface area is 185 Å². The van der Waals surface area contributed by atoms with E-state index in [1.54, 1.807) is 4.90 Å². The third kappa shape index (κ3) is 5.08. The largest absolute Gasteiger partial charge is 0.378 e. The molecule has 2 heterocycles. The molecule has 0 spiro atoms. The predicted molar refractivity (Wildman–Crippen MR) is 122 cm³/mol. The lowest BCUT2D eigenvalue weighted by molar-refractivity contribution is -0.132. The number of imidazole rings is 1. The van der Waals surface area contributed by atoms with Crippen LogP contribution in [0.4, 0.5) is 0 Å². The quantitative estimate of drug-likeness (QED) is 0.613. The van der Waals surface area contributed by atoms with Crippen molar-refractivity contribution in [1.82, 2.24) is 19.8 Å². The Kier molecular flexibility index (Phi) is 6.89. The van der Waals surface area contributed by atoms with Crippen LogP contribution in [0.1, 0.15) is 17.4 Å². The highest BCUT2D eigenvalue weighted by Crippen LogP contribution is 2.25. The molecule has 1 fully saturated rings. The molecule has 0 bridgehead atoms. The van der Waals surface area contributed by atoms with Gasteiger partial charge < -0.3 is 19.5 Å². The first-order valence-electron chi connectivity index (χ1n) is 10.3. The number of nitrogens with zero attached hydrogens (tertiary/aromatic N) is 3. The van der Waals surface area contributed by atoms with Crippen LogP contribution in [0.15, 0.2) is 54.6 Å². The molecule has 1 atom stereocenters. The van der Waals surface area contributed by atoms with E-state index in [-0.39, 0.29) is 29.4 Å². The van der Waals surface area contributed by atoms with Crippen molar-refractivity contribution in [2.75, 3.05) is 37.8 Å². The van der Waals surface area contributed by atoms with Crippen molar-refractivity contribution in [2.24, 2.45) is 7.05 Å². The molecule has 162 valence electrons. The number of ether oxygens (including phenoxy) is 1. The van der Waals surface area contributed by atoms with Crippen LogP contribution in [-0.4, -0.2) is 64.1 Å². The molecule has 1 unspecified atom stereocenters. The molecule has 7 nitrogen and oxygen atoms in total. The second kappa shape index (κ2) is 9.98. The van der Waals surface area contributed by atoms with Crippen LogP contribution in [0, 0.1) is 0 Å². The van der Waals surface area contributed by atoms with E-state index >= 15 is 0 Å². The van der Waals surface area contributed by atoms with Gasteiger partial charge in [-0.2, -0.15) is 0 Å². The lowest BCUT2D eigenvalue weighted by atomic mass is 10.1. The second-order valence-electron chi connectivity index (χ2n) is 7.41. The second-order valence-corrected chi connectivity index (χ2v) is 8.40. The monoisotopic (exact) mass is 438 g/mol. The minimum atomic E-state index is -0.373. The molecular weight excluding hydrogens is 412 g/mol. The SMILES string of the molecule is Cn1c(C(NC(=O)CSCC(=O)N2CCOCC2)c2ccccc2)nc2ccccc21. The molecule has 0 saturated carbocycles. The van der Waals surface area contributed by atoms with Gasteiger partial charge in [0.25, 0.3) is 0 Å². The number of rotatable bonds is 7. The normalized spacial score (nSPS) is 15.1. The van der Waals surface area contributed by atoms with Gasteiger partial charge >= 0.3 is 0 Å². The van der Waals surface area contributed by atoms with Gasteiger partial charge in [-0.3, -0.25) is 9.59 Å². The van der Waals surface area contributed by atoms with Gasteiger partial charge in [0.15, 0.2) is 0 Å². The summed E-state index contributed by atoms with van der Waals surface area (Å²) in [6.45, 7) is 2.39. The van der Waals surface area contributed by atoms with Crippen molar-refractivity contribution in [2.45, 2.75) is 6.04 Å². The van der Waals surface area contributed by atoms with E-state index in [1.165, 1.54) is 11.8 Å². The van der Waals surface area contributed by atoms with Crippen LogP contribution in [0.5, 0.6) is 0 Å². The minimum absolute atomic E-state index is 0.0519. The number of hydrogen-bond acceptors (Lipinski definition) is 5. The van der Waals surface area contributed by atoms with Gasteiger partial charge in [0.05, 0.1) is 35.8 Å². The first kappa shape index (κ1) is 21.4. The van der Waals surface area contributed by atoms with E-state index in [0.717, 1.165) is 22.4 Å². The third-order valence-electron chi connectivity index (χ3n) is 5.34. The van der Waals surface area contributed by atoms with Crippen LogP contribution in [0.2, 0.25) is 0 Å². The Hall–Kier alpha value is -2.84. The van der Waals surface area contributed by atoms with Crippen LogP contribution in [-0.2, 0) is 21.4 Å². The summed E-state index contributed by atoms with van der Waals surface area (Å²) >= 11 is 1.33. The molecule has 1 aliphatic heterocycles. The van der Waals surface area contributed by atoms with E-state index in [1.807, 2.05) is 66.2 Å². The molecule has 4 rings (SSSR count). The Morgan fingerprint density at radius 1 is 1.06 bits per heavy atom. The summed E-state index contributed by atoms with van der Waals surface area (Å²) in [7, 11) is 1.96. The van der Waals surface area contributed by atoms with Crippen LogP contribution < -0.4 is 5.32 Å². The zero-order chi connectivity index (χ0) is 21.6. The van der Waals surface area contributed by atoms with Crippen molar-refractivity contribution < 1.29 is 14.3 Å². The number of para-hydroxylation sites is 2. The Bertz CT molecular complexity index is 1050. The Morgan fingerprint density at radius 3 is 2.52 bits per heavy atom. The van der Waals surface area contributed by atoms with Gasteiger partial charge in [0, 0.05) is 20.1 Å². The minimum Gasteiger partial charge on any atom is -0.378 e. The molecule has 1 aromatic heterocycles. The van der Waals surface area contributed by atoms with Gasteiger partial charge in [0.1, 0.15) is 11.9 Å². The molecule has 31 heavy (non-hydrogen) atoms. The number of carbonyl (C=O) groups excluding carboxylic acids is 2. The number of amides is 2. The number of thioether (sulfide) groups is 1. The smallest absolute Gasteiger partial charge is 0.232 e. The third-order valence-corrected chi connectivity index (χ3v) is 6.26. The summed E-state index contributed by atoms with van der Waals surface area (Å²) in [4.78, 5) is 31.6. The summed E-state index contributed by atoms with van der Waals surface area (Å²) in [5.41, 5.74) is 2.86. The molecule has 8 heteroatoms. The van der Waals surface area contributed by atoms with Gasteiger partial charge in [0.2, 0.25) is 11.8 Å². The number of benzene rings is 2. The average Bonchev–Trinajstić information content (AvgIpc) is 3.15. The lowest BCUT2D eigenvalue weighted by Crippen LogP contribution is -2.41. The number of aromatic nitrogens is 2. The predicted octanol–water partition coefficient (Wildman–Crippen LogP) is 2.37. The van der Waals surface area contributed by atoms with Crippen molar-refractivity contribution in [3.05, 3.63) is 66.0 Å². The number of hydrogen-bond donors (Lipinski definition) is 1. The highest BCUT2D eigenvalue weighted by Gasteiger charge is 2.23. The maximum absolute atomic E-state index is 12.8. The zero-order valence-electron chi connectivity index (χ0n) is 17.5. The molecule has 1 N–H and O–H groups in total. The van der Waals surface area contributed by atoms with Crippen LogP contribution in [0.3, 0.4) is 0 Å². The molecule has 1 saturated heterocycles. The van der Waals surface area contributed by atoms with Crippen LogP contribution in [0.25, 0.3) is 11.0 Å². The van der Waals surface area contributed by atoms with E-state index < -0.39 is 0 Å². The van der Waals surface area contributed by atoms with E-state index in [2.05, 4.69) is 5.32 Å². The maximum atomic E-state index is 12.8. The lowest BCUT2D eigenvalue weighted by Gasteiger charge is -2.26. The number of morpholine rings is 1. The van der Waals surface area contributed by atoms with Crippen molar-refractivity contribution >= 4 is 34.6 Å². The summed E-state index contributed by atoms with van der Waals surface area (Å²) < 4.78 is 7.30. The van der Waals surface area contributed by atoms with E-state index in [0.29, 0.717) is 26.3 Å². The van der Waals surface area contributed by atoms with Crippen molar-refractivity contribution in [3.63, 3.8) is 0 Å². The number of nitrogens with one attached hydrogen (secondary N) is 1. The molecule has 2 amide bonds. The molecule has 0 radical (unpaired) electrons. The maximum Gasteiger partial charge on any atom is 0.232 e. The molecular formula is C23H26N4O3S. The highest BCUT2D eigenvalue weighted by atomic mass is 32.2. The van der Waals surface area contributed by atoms with E-state index in [9.17, 15) is 9.59 Å². The van der Waals surface area contributed by atoms with Crippen molar-refractivity contribution in [3.8, 4) is 0 Å². The fraction of sp³-hybridized carbons (Fsp3) is 0.348. The van der Waals surface area contributed by atoms with Gasteiger partial charge in [-0.05, 0) is 17.7 Å². The standard InChI is InChI=1S/C23H26N4O3S/c1-26-19-10-6-5-9-18(19)24-23(26)22(17-7-3-2-4-8-17)25-20(28)15-31-16-21(29)27-11-13-30-14-12-27/h2-10,22H,11-16H2,1H3,(H,25,28). The van der Waals surface area contributed by atoms with Gasteiger partial charge in [-0.1, -0.05) is 42.5 Å². The number of aryl methyl sites for hydroxylation is 1. The Balaban J connectivity index is 1.44. The number of carbonyl (C=O) groups is 2. The fourth-order valence-electron chi connectivity index (χ4n) is 3.70. The first-order valence-corrected chi connectivity index (χ1v) is 11.5. The molecule has 2 aromatic carbocycles. The van der Waals surface area contributed by atoms with Crippen molar-refractivity contribution in [1.29, 1.82) is 0 Å². The average molecular weight is 439 g/mol. The fourth-order valence-corrected chi connectivity index (χ4v) is 4.43. The molecule has 1 aliphatic rings. The van der Waals surface area contributed by atoms with E-state index in [4.69, 9.17) is 9.72 Å². The van der Waals surface area contributed by atoms with Crippen LogP contribution >= 0.6 is 11.8 Å².